The summed E-state index contributed by atoms with van der Waals surface area (Å²) in [5.41, 5.74) is 1.23. The monoisotopic (exact) mass is 243 g/mol. The number of rotatable bonds is 4. The van der Waals surface area contributed by atoms with Crippen LogP contribution in [0, 0.1) is 0 Å². The Bertz CT molecular complexity index is 246. The smallest absolute Gasteiger partial charge is 0.0636 e. The molecule has 1 aromatic rings. The van der Waals surface area contributed by atoms with E-state index in [2.05, 4.69) is 33.4 Å². The SMILES string of the molecule is CC(O)CNCc1ccc(Br)cc1. The predicted molar refractivity (Wildman–Crippen MR) is 57.5 cm³/mol. The first-order valence-electron chi connectivity index (χ1n) is 4.31. The third-order valence-electron chi connectivity index (χ3n) is 1.68. The lowest BCUT2D eigenvalue weighted by Gasteiger charge is -2.06. The number of hydrogen-bond acceptors (Lipinski definition) is 2. The highest BCUT2D eigenvalue weighted by molar-refractivity contribution is 9.10. The average Bonchev–Trinajstić information content (AvgIpc) is 2.08. The summed E-state index contributed by atoms with van der Waals surface area (Å²) >= 11 is 3.38. The zero-order chi connectivity index (χ0) is 9.68. The third-order valence-corrected chi connectivity index (χ3v) is 2.21. The van der Waals surface area contributed by atoms with Crippen LogP contribution in [0.15, 0.2) is 28.7 Å². The molecule has 0 saturated carbocycles. The molecule has 0 spiro atoms. The minimum atomic E-state index is -0.282. The summed E-state index contributed by atoms with van der Waals surface area (Å²) in [4.78, 5) is 0. The molecule has 2 nitrogen and oxygen atoms in total. The van der Waals surface area contributed by atoms with Crippen molar-refractivity contribution in [2.45, 2.75) is 19.6 Å². The highest BCUT2D eigenvalue weighted by Crippen LogP contribution is 2.09. The van der Waals surface area contributed by atoms with Crippen molar-refractivity contribution in [2.24, 2.45) is 0 Å². The van der Waals surface area contributed by atoms with E-state index in [9.17, 15) is 0 Å². The van der Waals surface area contributed by atoms with Crippen molar-refractivity contribution in [1.82, 2.24) is 5.32 Å². The van der Waals surface area contributed by atoms with Crippen LogP contribution in [0.25, 0.3) is 0 Å². The molecule has 1 unspecified atom stereocenters. The Morgan fingerprint density at radius 2 is 2.00 bits per heavy atom. The number of benzene rings is 1. The lowest BCUT2D eigenvalue weighted by atomic mass is 10.2. The van der Waals surface area contributed by atoms with Gasteiger partial charge in [0.05, 0.1) is 6.10 Å². The first-order valence-corrected chi connectivity index (χ1v) is 5.11. The van der Waals surface area contributed by atoms with E-state index in [1.165, 1.54) is 5.56 Å². The van der Waals surface area contributed by atoms with E-state index in [0.717, 1.165) is 11.0 Å². The van der Waals surface area contributed by atoms with Crippen molar-refractivity contribution in [3.05, 3.63) is 34.3 Å². The third kappa shape index (κ3) is 4.41. The van der Waals surface area contributed by atoms with Gasteiger partial charge in [0.15, 0.2) is 0 Å². The molecule has 0 aliphatic heterocycles. The summed E-state index contributed by atoms with van der Waals surface area (Å²) in [5, 5.41) is 12.2. The van der Waals surface area contributed by atoms with E-state index < -0.39 is 0 Å². The fourth-order valence-electron chi connectivity index (χ4n) is 1.03. The Kier molecular flexibility index (Phi) is 4.42. The molecule has 1 atom stereocenters. The Morgan fingerprint density at radius 1 is 1.38 bits per heavy atom. The second-order valence-electron chi connectivity index (χ2n) is 3.11. The normalized spacial score (nSPS) is 12.8. The zero-order valence-corrected chi connectivity index (χ0v) is 9.21. The molecule has 1 rings (SSSR count). The number of hydrogen-bond donors (Lipinski definition) is 2. The fourth-order valence-corrected chi connectivity index (χ4v) is 1.29. The Balaban J connectivity index is 2.33. The van der Waals surface area contributed by atoms with E-state index in [1.807, 2.05) is 12.1 Å². The molecule has 0 fully saturated rings. The first-order chi connectivity index (χ1) is 6.18. The van der Waals surface area contributed by atoms with Gasteiger partial charge in [0.1, 0.15) is 0 Å². The van der Waals surface area contributed by atoms with Crippen LogP contribution in [-0.2, 0) is 6.54 Å². The van der Waals surface area contributed by atoms with Crippen LogP contribution in [0.1, 0.15) is 12.5 Å². The predicted octanol–water partition coefficient (Wildman–Crippen LogP) is 1.92. The number of aliphatic hydroxyl groups is 1. The summed E-state index contributed by atoms with van der Waals surface area (Å²) in [6.45, 7) is 3.21. The lowest BCUT2D eigenvalue weighted by Crippen LogP contribution is -2.23. The van der Waals surface area contributed by atoms with Crippen molar-refractivity contribution in [3.63, 3.8) is 0 Å². The van der Waals surface area contributed by atoms with Crippen LogP contribution in [0.2, 0.25) is 0 Å². The molecule has 0 aliphatic carbocycles. The summed E-state index contributed by atoms with van der Waals surface area (Å²) in [6.07, 6.45) is -0.282. The quantitative estimate of drug-likeness (QED) is 0.848. The van der Waals surface area contributed by atoms with Crippen LogP contribution < -0.4 is 5.32 Å². The van der Waals surface area contributed by atoms with Gasteiger partial charge in [-0.3, -0.25) is 0 Å². The molecule has 0 amide bonds. The average molecular weight is 244 g/mol. The number of nitrogens with one attached hydrogen (secondary N) is 1. The Hall–Kier alpha value is -0.380. The van der Waals surface area contributed by atoms with Gasteiger partial charge < -0.3 is 10.4 Å². The second-order valence-corrected chi connectivity index (χ2v) is 4.02. The van der Waals surface area contributed by atoms with Gasteiger partial charge in [0, 0.05) is 17.6 Å². The highest BCUT2D eigenvalue weighted by atomic mass is 79.9. The first kappa shape index (κ1) is 10.7. The van der Waals surface area contributed by atoms with Crippen LogP contribution in [0.5, 0.6) is 0 Å². The van der Waals surface area contributed by atoms with Crippen molar-refractivity contribution in [2.75, 3.05) is 6.54 Å². The minimum absolute atomic E-state index is 0.282. The van der Waals surface area contributed by atoms with Gasteiger partial charge in [0.25, 0.3) is 0 Å². The molecule has 0 heterocycles. The van der Waals surface area contributed by atoms with Gasteiger partial charge >= 0.3 is 0 Å². The van der Waals surface area contributed by atoms with Gasteiger partial charge in [-0.2, -0.15) is 0 Å². The Morgan fingerprint density at radius 3 is 2.54 bits per heavy atom. The number of aliphatic hydroxyl groups excluding tert-OH is 1. The standard InChI is InChI=1S/C10H14BrNO/c1-8(13)6-12-7-9-2-4-10(11)5-3-9/h2-5,8,12-13H,6-7H2,1H3. The van der Waals surface area contributed by atoms with E-state index >= 15 is 0 Å². The summed E-state index contributed by atoms with van der Waals surface area (Å²) < 4.78 is 1.09. The largest absolute Gasteiger partial charge is 0.392 e. The molecule has 3 heteroatoms. The van der Waals surface area contributed by atoms with Gasteiger partial charge in [-0.05, 0) is 24.6 Å². The lowest BCUT2D eigenvalue weighted by molar-refractivity contribution is 0.191. The summed E-state index contributed by atoms with van der Waals surface area (Å²) in [5.74, 6) is 0. The molecular formula is C10H14BrNO. The van der Waals surface area contributed by atoms with Crippen molar-refractivity contribution in [1.29, 1.82) is 0 Å². The summed E-state index contributed by atoms with van der Waals surface area (Å²) in [6, 6.07) is 8.14. The van der Waals surface area contributed by atoms with Crippen LogP contribution in [0.3, 0.4) is 0 Å². The topological polar surface area (TPSA) is 32.3 Å². The van der Waals surface area contributed by atoms with Crippen molar-refractivity contribution >= 4 is 15.9 Å². The molecule has 0 aromatic heterocycles. The zero-order valence-electron chi connectivity index (χ0n) is 7.63. The molecule has 0 saturated heterocycles. The van der Waals surface area contributed by atoms with Gasteiger partial charge in [-0.1, -0.05) is 28.1 Å². The van der Waals surface area contributed by atoms with Crippen LogP contribution in [0.4, 0.5) is 0 Å². The molecule has 0 radical (unpaired) electrons. The van der Waals surface area contributed by atoms with Gasteiger partial charge in [-0.25, -0.2) is 0 Å². The maximum absolute atomic E-state index is 9.00. The minimum Gasteiger partial charge on any atom is -0.392 e. The van der Waals surface area contributed by atoms with E-state index in [-0.39, 0.29) is 6.10 Å². The molecule has 72 valence electrons. The van der Waals surface area contributed by atoms with Crippen molar-refractivity contribution < 1.29 is 5.11 Å². The Labute approximate surface area is 87.1 Å². The fraction of sp³-hybridized carbons (Fsp3) is 0.400. The van der Waals surface area contributed by atoms with Crippen molar-refractivity contribution in [3.8, 4) is 0 Å². The molecule has 0 aliphatic rings. The van der Waals surface area contributed by atoms with Crippen LogP contribution >= 0.6 is 15.9 Å². The maximum atomic E-state index is 9.00. The van der Waals surface area contributed by atoms with E-state index in [1.54, 1.807) is 6.92 Å². The van der Waals surface area contributed by atoms with Gasteiger partial charge in [-0.15, -0.1) is 0 Å². The van der Waals surface area contributed by atoms with E-state index in [4.69, 9.17) is 5.11 Å². The second kappa shape index (κ2) is 5.37. The van der Waals surface area contributed by atoms with Gasteiger partial charge in [0.2, 0.25) is 0 Å². The highest BCUT2D eigenvalue weighted by Gasteiger charge is 1.95. The molecule has 0 bridgehead atoms. The molecule has 1 aromatic carbocycles. The summed E-state index contributed by atoms with van der Waals surface area (Å²) in [7, 11) is 0. The molecule has 13 heavy (non-hydrogen) atoms. The maximum Gasteiger partial charge on any atom is 0.0636 e. The van der Waals surface area contributed by atoms with E-state index in [0.29, 0.717) is 6.54 Å². The van der Waals surface area contributed by atoms with Crippen LogP contribution in [-0.4, -0.2) is 17.8 Å². The number of halogens is 1. The molecule has 2 N–H and O–H groups in total. The molecular weight excluding hydrogens is 230 g/mol.